The van der Waals surface area contributed by atoms with Gasteiger partial charge in [-0.15, -0.1) is 0 Å². The van der Waals surface area contributed by atoms with Crippen LogP contribution in [0.4, 0.5) is 13.6 Å². The van der Waals surface area contributed by atoms with E-state index < -0.39 is 17.2 Å². The molecule has 1 amide bonds. The largest absolute Gasteiger partial charge is 0.444 e. The first kappa shape index (κ1) is 14.8. The molecule has 20 heavy (non-hydrogen) atoms. The summed E-state index contributed by atoms with van der Waals surface area (Å²) >= 11 is 0. The maximum absolute atomic E-state index is 13.2. The summed E-state index contributed by atoms with van der Waals surface area (Å²) in [6.45, 7) is 6.39. The second-order valence-electron chi connectivity index (χ2n) is 6.11. The van der Waals surface area contributed by atoms with E-state index in [1.807, 2.05) is 0 Å². The monoisotopic (exact) mass is 283 g/mol. The molecule has 3 nitrogen and oxygen atoms in total. The normalized spacial score (nSPS) is 19.2. The molecule has 0 aliphatic carbocycles. The average molecular weight is 283 g/mol. The van der Waals surface area contributed by atoms with Gasteiger partial charge in [-0.05, 0) is 44.9 Å². The number of ether oxygens (including phenoxy) is 1. The highest BCUT2D eigenvalue weighted by Gasteiger charge is 2.30. The zero-order valence-corrected chi connectivity index (χ0v) is 12.0. The molecular weight excluding hydrogens is 264 g/mol. The molecule has 5 heteroatoms. The summed E-state index contributed by atoms with van der Waals surface area (Å²) in [7, 11) is 0. The van der Waals surface area contributed by atoms with Crippen molar-refractivity contribution in [3.63, 3.8) is 0 Å². The number of carbonyl (C=O) groups is 1. The molecule has 1 aliphatic heterocycles. The molecule has 0 aromatic heterocycles. The Kier molecular flexibility index (Phi) is 3.97. The van der Waals surface area contributed by atoms with Crippen LogP contribution in [0, 0.1) is 11.6 Å². The molecule has 1 heterocycles. The number of carbonyl (C=O) groups excluding carboxylic acids is 1. The lowest BCUT2D eigenvalue weighted by atomic mass is 9.98. The van der Waals surface area contributed by atoms with E-state index >= 15 is 0 Å². The quantitative estimate of drug-likeness (QED) is 0.786. The molecule has 2 rings (SSSR count). The molecule has 1 fully saturated rings. The summed E-state index contributed by atoms with van der Waals surface area (Å²) in [6.07, 6.45) is 0.305. The van der Waals surface area contributed by atoms with Gasteiger partial charge in [-0.25, -0.2) is 13.6 Å². The van der Waals surface area contributed by atoms with Crippen LogP contribution >= 0.6 is 0 Å². The SMILES string of the molecule is CC(C)(C)OC(=O)N1CCC(c2cc(F)cc(F)c2)C1. The second-order valence-corrected chi connectivity index (χ2v) is 6.11. The van der Waals surface area contributed by atoms with Crippen LogP contribution < -0.4 is 0 Å². The summed E-state index contributed by atoms with van der Waals surface area (Å²) < 4.78 is 31.7. The van der Waals surface area contributed by atoms with Crippen molar-refractivity contribution in [2.45, 2.75) is 38.7 Å². The van der Waals surface area contributed by atoms with Crippen LogP contribution in [0.2, 0.25) is 0 Å². The molecule has 0 bridgehead atoms. The van der Waals surface area contributed by atoms with Crippen LogP contribution in [0.25, 0.3) is 0 Å². The number of hydrogen-bond donors (Lipinski definition) is 0. The lowest BCUT2D eigenvalue weighted by Crippen LogP contribution is -2.35. The van der Waals surface area contributed by atoms with Gasteiger partial charge in [0.25, 0.3) is 0 Å². The molecule has 1 atom stereocenters. The van der Waals surface area contributed by atoms with Crippen LogP contribution in [0.5, 0.6) is 0 Å². The molecule has 110 valence electrons. The zero-order valence-electron chi connectivity index (χ0n) is 12.0. The van der Waals surface area contributed by atoms with Gasteiger partial charge in [0.05, 0.1) is 0 Å². The first-order chi connectivity index (χ1) is 9.24. The molecule has 1 aromatic carbocycles. The van der Waals surface area contributed by atoms with Gasteiger partial charge in [-0.1, -0.05) is 0 Å². The van der Waals surface area contributed by atoms with Crippen molar-refractivity contribution < 1.29 is 18.3 Å². The van der Waals surface area contributed by atoms with Crippen LogP contribution in [0.3, 0.4) is 0 Å². The highest BCUT2D eigenvalue weighted by Crippen LogP contribution is 2.29. The summed E-state index contributed by atoms with van der Waals surface area (Å²) in [5, 5.41) is 0. The third-order valence-corrected chi connectivity index (χ3v) is 3.20. The molecular formula is C15H19F2NO2. The van der Waals surface area contributed by atoms with E-state index in [2.05, 4.69) is 0 Å². The first-order valence-corrected chi connectivity index (χ1v) is 6.68. The van der Waals surface area contributed by atoms with Gasteiger partial charge < -0.3 is 9.64 Å². The molecule has 0 spiro atoms. The van der Waals surface area contributed by atoms with Crippen molar-refractivity contribution in [1.82, 2.24) is 4.90 Å². The number of rotatable bonds is 1. The predicted molar refractivity (Wildman–Crippen MR) is 71.5 cm³/mol. The van der Waals surface area contributed by atoms with Crippen LogP contribution in [0.1, 0.15) is 38.7 Å². The average Bonchev–Trinajstić information content (AvgIpc) is 2.74. The molecule has 1 saturated heterocycles. The standard InChI is InChI=1S/C15H19F2NO2/c1-15(2,3)20-14(19)18-5-4-10(9-18)11-6-12(16)8-13(17)7-11/h6-8,10H,4-5,9H2,1-3H3. The number of halogens is 2. The van der Waals surface area contributed by atoms with Gasteiger partial charge in [-0.2, -0.15) is 0 Å². The summed E-state index contributed by atoms with van der Waals surface area (Å²) in [6, 6.07) is 3.50. The Morgan fingerprint density at radius 3 is 2.40 bits per heavy atom. The lowest BCUT2D eigenvalue weighted by Gasteiger charge is -2.24. The highest BCUT2D eigenvalue weighted by atomic mass is 19.1. The summed E-state index contributed by atoms with van der Waals surface area (Å²) in [5.74, 6) is -1.22. The summed E-state index contributed by atoms with van der Waals surface area (Å²) in [5.41, 5.74) is 0.0497. The minimum Gasteiger partial charge on any atom is -0.444 e. The first-order valence-electron chi connectivity index (χ1n) is 6.68. The van der Waals surface area contributed by atoms with Gasteiger partial charge in [0.2, 0.25) is 0 Å². The van der Waals surface area contributed by atoms with Gasteiger partial charge >= 0.3 is 6.09 Å². The minimum atomic E-state index is -0.587. The maximum Gasteiger partial charge on any atom is 0.410 e. The smallest absolute Gasteiger partial charge is 0.410 e. The maximum atomic E-state index is 13.2. The van der Waals surface area contributed by atoms with E-state index in [-0.39, 0.29) is 12.0 Å². The van der Waals surface area contributed by atoms with Gasteiger partial charge in [0.1, 0.15) is 17.2 Å². The Morgan fingerprint density at radius 2 is 1.85 bits per heavy atom. The van der Waals surface area contributed by atoms with E-state index in [0.717, 1.165) is 6.07 Å². The number of benzene rings is 1. The molecule has 0 N–H and O–H groups in total. The van der Waals surface area contributed by atoms with Crippen LogP contribution in [-0.2, 0) is 4.74 Å². The molecule has 0 radical (unpaired) electrons. The second kappa shape index (κ2) is 5.38. The number of nitrogens with zero attached hydrogens (tertiary/aromatic N) is 1. The lowest BCUT2D eigenvalue weighted by molar-refractivity contribution is 0.0292. The van der Waals surface area contributed by atoms with Crippen molar-refractivity contribution in [3.8, 4) is 0 Å². The van der Waals surface area contributed by atoms with E-state index in [1.165, 1.54) is 12.1 Å². The van der Waals surface area contributed by atoms with Crippen molar-refractivity contribution in [2.75, 3.05) is 13.1 Å². The Morgan fingerprint density at radius 1 is 1.25 bits per heavy atom. The third-order valence-electron chi connectivity index (χ3n) is 3.20. The number of hydrogen-bond acceptors (Lipinski definition) is 2. The van der Waals surface area contributed by atoms with E-state index in [4.69, 9.17) is 4.74 Å². The molecule has 0 saturated carbocycles. The number of amides is 1. The fraction of sp³-hybridized carbons (Fsp3) is 0.533. The predicted octanol–water partition coefficient (Wildman–Crippen LogP) is 3.69. The Bertz CT molecular complexity index is 491. The molecule has 1 unspecified atom stereocenters. The third kappa shape index (κ3) is 3.68. The zero-order chi connectivity index (χ0) is 14.9. The van der Waals surface area contributed by atoms with Crippen molar-refractivity contribution in [2.24, 2.45) is 0 Å². The number of likely N-dealkylation sites (tertiary alicyclic amines) is 1. The minimum absolute atomic E-state index is 0.0484. The molecule has 1 aromatic rings. The van der Waals surface area contributed by atoms with Crippen LogP contribution in [0.15, 0.2) is 18.2 Å². The van der Waals surface area contributed by atoms with Gasteiger partial charge in [-0.3, -0.25) is 0 Å². The van der Waals surface area contributed by atoms with Crippen LogP contribution in [-0.4, -0.2) is 29.7 Å². The van der Waals surface area contributed by atoms with E-state index in [0.29, 0.717) is 25.1 Å². The fourth-order valence-electron chi connectivity index (χ4n) is 2.34. The van der Waals surface area contributed by atoms with Crippen molar-refractivity contribution >= 4 is 6.09 Å². The topological polar surface area (TPSA) is 29.5 Å². The molecule has 1 aliphatic rings. The van der Waals surface area contributed by atoms with Crippen molar-refractivity contribution in [1.29, 1.82) is 0 Å². The fourth-order valence-corrected chi connectivity index (χ4v) is 2.34. The summed E-state index contributed by atoms with van der Waals surface area (Å²) in [4.78, 5) is 13.5. The van der Waals surface area contributed by atoms with E-state index in [9.17, 15) is 13.6 Å². The van der Waals surface area contributed by atoms with Gasteiger partial charge in [0, 0.05) is 25.1 Å². The highest BCUT2D eigenvalue weighted by molar-refractivity contribution is 5.68. The van der Waals surface area contributed by atoms with Gasteiger partial charge in [0.15, 0.2) is 0 Å². The Balaban J connectivity index is 2.03. The Labute approximate surface area is 117 Å². The van der Waals surface area contributed by atoms with Crippen molar-refractivity contribution in [3.05, 3.63) is 35.4 Å². The Hall–Kier alpha value is -1.65. The van der Waals surface area contributed by atoms with E-state index in [1.54, 1.807) is 25.7 Å².